The molecule has 5 rings (SSSR count). The molecular formula is C28H41F2N8O+. The number of piperidine rings is 1. The van der Waals surface area contributed by atoms with Crippen LogP contribution in [0.15, 0.2) is 35.8 Å². The smallest absolute Gasteiger partial charge is 0.317 e. The predicted molar refractivity (Wildman–Crippen MR) is 147 cm³/mol. The van der Waals surface area contributed by atoms with E-state index in [0.717, 1.165) is 61.3 Å². The summed E-state index contributed by atoms with van der Waals surface area (Å²) < 4.78 is 30.5. The van der Waals surface area contributed by atoms with Crippen LogP contribution in [0.1, 0.15) is 50.2 Å². The fourth-order valence-electron chi connectivity index (χ4n) is 6.28. The number of nitrogens with zero attached hydrogens (tertiary/aromatic N) is 4. The number of carbonyl (C=O) groups excluding carboxylic acids is 1. The molecule has 0 spiro atoms. The van der Waals surface area contributed by atoms with E-state index in [-0.39, 0.29) is 11.6 Å². The molecule has 39 heavy (non-hydrogen) atoms. The fourth-order valence-corrected chi connectivity index (χ4v) is 6.28. The number of carbonyl (C=O) groups is 1. The summed E-state index contributed by atoms with van der Waals surface area (Å²) in [5.74, 6) is 0. The van der Waals surface area contributed by atoms with Gasteiger partial charge in [0.25, 0.3) is 6.43 Å². The Balaban J connectivity index is 1.56. The first-order chi connectivity index (χ1) is 18.7. The lowest BCUT2D eigenvalue weighted by Gasteiger charge is -2.45. The van der Waals surface area contributed by atoms with Crippen LogP contribution in [0, 0.1) is 0 Å². The highest BCUT2D eigenvalue weighted by molar-refractivity contribution is 5.75. The maximum Gasteiger partial charge on any atom is 0.317 e. The highest BCUT2D eigenvalue weighted by Crippen LogP contribution is 2.41. The molecule has 0 saturated carbocycles. The number of aryl methyl sites for hydroxylation is 2. The number of quaternary nitrogens is 1. The molecule has 1 unspecified atom stereocenters. The van der Waals surface area contributed by atoms with Crippen molar-refractivity contribution in [1.82, 2.24) is 30.6 Å². The van der Waals surface area contributed by atoms with Crippen LogP contribution in [0.4, 0.5) is 19.3 Å². The van der Waals surface area contributed by atoms with E-state index in [1.165, 1.54) is 0 Å². The zero-order chi connectivity index (χ0) is 27.7. The molecule has 1 aromatic heterocycles. The average molecular weight is 544 g/mol. The van der Waals surface area contributed by atoms with E-state index in [4.69, 9.17) is 5.73 Å². The predicted octanol–water partition coefficient (Wildman–Crippen LogP) is 2.38. The molecule has 4 heterocycles. The summed E-state index contributed by atoms with van der Waals surface area (Å²) in [4.78, 5) is 16.6. The second kappa shape index (κ2) is 11.1. The lowest BCUT2D eigenvalue weighted by atomic mass is 9.87. The second-order valence-corrected chi connectivity index (χ2v) is 11.2. The van der Waals surface area contributed by atoms with Crippen molar-refractivity contribution in [3.05, 3.63) is 46.9 Å². The normalized spacial score (nSPS) is 20.2. The molecule has 0 aliphatic carbocycles. The number of urea groups is 1. The Morgan fingerprint density at radius 1 is 1.23 bits per heavy atom. The third-order valence-electron chi connectivity index (χ3n) is 8.43. The number of anilines is 1. The lowest BCUT2D eigenvalue weighted by molar-refractivity contribution is -0.457. The Kier molecular flexibility index (Phi) is 7.82. The molecule has 212 valence electrons. The van der Waals surface area contributed by atoms with Crippen LogP contribution in [0.2, 0.25) is 0 Å². The van der Waals surface area contributed by atoms with Crippen molar-refractivity contribution in [1.29, 1.82) is 0 Å². The van der Waals surface area contributed by atoms with Gasteiger partial charge in [-0.25, -0.2) is 13.6 Å². The first-order valence-electron chi connectivity index (χ1n) is 13.9. The van der Waals surface area contributed by atoms with Gasteiger partial charge in [-0.1, -0.05) is 0 Å². The number of alkyl halides is 2. The Hall–Kier alpha value is -3.18. The van der Waals surface area contributed by atoms with Gasteiger partial charge in [0.05, 0.1) is 12.7 Å². The molecule has 1 saturated heterocycles. The van der Waals surface area contributed by atoms with Crippen molar-refractivity contribution < 1.29 is 19.3 Å². The van der Waals surface area contributed by atoms with E-state index in [1.54, 1.807) is 37.2 Å². The van der Waals surface area contributed by atoms with E-state index in [0.29, 0.717) is 43.2 Å². The number of fused-ring (bicyclic) bond motifs is 1. The maximum absolute atomic E-state index is 14.4. The van der Waals surface area contributed by atoms with Gasteiger partial charge < -0.3 is 31.5 Å². The summed E-state index contributed by atoms with van der Waals surface area (Å²) in [5, 5.41) is 14.2. The first kappa shape index (κ1) is 27.4. The van der Waals surface area contributed by atoms with Gasteiger partial charge in [-0.3, -0.25) is 4.68 Å². The first-order valence-corrected chi connectivity index (χ1v) is 13.9. The lowest BCUT2D eigenvalue weighted by Crippen LogP contribution is -2.81. The van der Waals surface area contributed by atoms with E-state index in [9.17, 15) is 13.6 Å². The summed E-state index contributed by atoms with van der Waals surface area (Å²) in [5.41, 5.74) is 9.18. The number of hydrogen-bond acceptors (Lipinski definition) is 5. The summed E-state index contributed by atoms with van der Waals surface area (Å²) in [6.07, 6.45) is 5.26. The van der Waals surface area contributed by atoms with Crippen molar-refractivity contribution in [3.8, 4) is 11.1 Å². The van der Waals surface area contributed by atoms with E-state index in [1.807, 2.05) is 11.0 Å². The number of aromatic nitrogens is 2. The van der Waals surface area contributed by atoms with Gasteiger partial charge in [0.15, 0.2) is 5.66 Å². The number of nitrogens with one attached hydrogen (secondary N) is 3. The highest BCUT2D eigenvalue weighted by atomic mass is 19.3. The molecule has 2 aromatic rings. The summed E-state index contributed by atoms with van der Waals surface area (Å²) in [6, 6.07) is 3.81. The Bertz CT molecular complexity index is 1230. The number of hydrogen-bond donors (Lipinski definition) is 4. The van der Waals surface area contributed by atoms with Crippen LogP contribution < -0.4 is 26.6 Å². The quantitative estimate of drug-likeness (QED) is 0.448. The molecule has 3 aliphatic rings. The minimum Gasteiger partial charge on any atom is -0.385 e. The van der Waals surface area contributed by atoms with E-state index >= 15 is 0 Å². The van der Waals surface area contributed by atoms with Crippen LogP contribution in [0.3, 0.4) is 0 Å². The average Bonchev–Trinajstić information content (AvgIpc) is 3.38. The third-order valence-corrected chi connectivity index (χ3v) is 8.43. The standard InChI is InChI=1S/C28H40F2N8O/c1-28(31,23-17-37(27(39)32-2)12-8-24(23)35-20-6-9-33-10-7-20)38-11-4-5-18-13-21(19-15-34-36(3)16-19)22(26(29)30)14-25(18)38/h13-16,20,26,33,35H,4-12,17,31H2,1-3H3,(H,32,39)/p+1. The monoisotopic (exact) mass is 543 g/mol. The second-order valence-electron chi connectivity index (χ2n) is 11.2. The molecule has 9 nitrogen and oxygen atoms in total. The van der Waals surface area contributed by atoms with Gasteiger partial charge in [0.2, 0.25) is 0 Å². The van der Waals surface area contributed by atoms with E-state index < -0.39 is 12.1 Å². The molecule has 1 aromatic carbocycles. The van der Waals surface area contributed by atoms with Crippen LogP contribution in [-0.2, 0) is 13.5 Å². The Morgan fingerprint density at radius 3 is 2.67 bits per heavy atom. The van der Waals surface area contributed by atoms with Gasteiger partial charge in [-0.15, -0.1) is 0 Å². The molecule has 1 fully saturated rings. The summed E-state index contributed by atoms with van der Waals surface area (Å²) >= 11 is 0. The molecule has 1 atom stereocenters. The molecular weight excluding hydrogens is 502 g/mol. The van der Waals surface area contributed by atoms with Crippen LogP contribution in [-0.4, -0.2) is 72.2 Å². The Morgan fingerprint density at radius 2 is 2.00 bits per heavy atom. The minimum absolute atomic E-state index is 0.00196. The fraction of sp³-hybridized carbons (Fsp3) is 0.571. The zero-order valence-electron chi connectivity index (χ0n) is 23.2. The number of amides is 2. The number of rotatable bonds is 6. The van der Waals surface area contributed by atoms with Gasteiger partial charge in [-0.2, -0.15) is 5.10 Å². The van der Waals surface area contributed by atoms with Gasteiger partial charge in [0, 0.05) is 80.9 Å². The summed E-state index contributed by atoms with van der Waals surface area (Å²) in [7, 11) is 3.43. The SMILES string of the molecule is CNC(=O)N1CCC(NC2CCNCC2)=C(C(C)([NH3+])N2CCCc3cc(-c4cnn(C)c4)c(C(F)F)cc32)C1. The Labute approximate surface area is 228 Å². The van der Waals surface area contributed by atoms with Crippen molar-refractivity contribution >= 4 is 11.7 Å². The largest absolute Gasteiger partial charge is 0.385 e. The number of benzene rings is 1. The molecule has 11 heteroatoms. The molecule has 0 radical (unpaired) electrons. The highest BCUT2D eigenvalue weighted by Gasteiger charge is 2.43. The van der Waals surface area contributed by atoms with Crippen molar-refractivity contribution in [2.24, 2.45) is 7.05 Å². The zero-order valence-corrected chi connectivity index (χ0v) is 23.2. The topological polar surface area (TPSA) is 105 Å². The third kappa shape index (κ3) is 5.47. The van der Waals surface area contributed by atoms with Gasteiger partial charge >= 0.3 is 6.03 Å². The molecule has 6 N–H and O–H groups in total. The molecule has 0 bridgehead atoms. The van der Waals surface area contributed by atoms with Crippen molar-refractivity contribution in [3.63, 3.8) is 0 Å². The van der Waals surface area contributed by atoms with Crippen LogP contribution in [0.25, 0.3) is 11.1 Å². The molecule has 3 aliphatic heterocycles. The van der Waals surface area contributed by atoms with Crippen LogP contribution >= 0.6 is 0 Å². The van der Waals surface area contributed by atoms with E-state index in [2.05, 4.69) is 32.9 Å². The van der Waals surface area contributed by atoms with Gasteiger partial charge in [-0.05, 0) is 62.0 Å². The maximum atomic E-state index is 14.4. The van der Waals surface area contributed by atoms with Gasteiger partial charge in [0.1, 0.15) is 0 Å². The minimum atomic E-state index is -2.62. The van der Waals surface area contributed by atoms with Crippen LogP contribution in [0.5, 0.6) is 0 Å². The number of halogens is 2. The van der Waals surface area contributed by atoms with Crippen molar-refractivity contribution in [2.75, 3.05) is 44.7 Å². The molecule has 2 amide bonds. The van der Waals surface area contributed by atoms with Crippen molar-refractivity contribution in [2.45, 2.75) is 57.2 Å². The summed E-state index contributed by atoms with van der Waals surface area (Å²) in [6.45, 7) is 5.77.